The molecular weight excluding hydrogens is 340 g/mol. The summed E-state index contributed by atoms with van der Waals surface area (Å²) >= 11 is 0. The SMILES string of the molecule is CCCCCC/C=C/Oc1c(O)c2ccc(OCC(=O)O)cc2oc1=O. The number of ether oxygens (including phenoxy) is 2. The van der Waals surface area contributed by atoms with Gasteiger partial charge in [-0.05, 0) is 31.1 Å². The Hall–Kier alpha value is -2.96. The van der Waals surface area contributed by atoms with Crippen molar-refractivity contribution in [2.75, 3.05) is 6.61 Å². The van der Waals surface area contributed by atoms with Crippen LogP contribution in [-0.2, 0) is 4.79 Å². The molecule has 0 amide bonds. The number of fused-ring (bicyclic) bond motifs is 1. The number of hydrogen-bond donors (Lipinski definition) is 2. The van der Waals surface area contributed by atoms with Crippen LogP contribution >= 0.6 is 0 Å². The fraction of sp³-hybridized carbons (Fsp3) is 0.368. The van der Waals surface area contributed by atoms with Crippen LogP contribution in [0.4, 0.5) is 0 Å². The number of aliphatic carboxylic acids is 1. The van der Waals surface area contributed by atoms with Crippen LogP contribution in [0.5, 0.6) is 17.2 Å². The summed E-state index contributed by atoms with van der Waals surface area (Å²) in [5.74, 6) is -1.54. The second-order valence-corrected chi connectivity index (χ2v) is 5.75. The average molecular weight is 362 g/mol. The van der Waals surface area contributed by atoms with Gasteiger partial charge in [-0.3, -0.25) is 0 Å². The molecule has 26 heavy (non-hydrogen) atoms. The Balaban J connectivity index is 2.11. The smallest absolute Gasteiger partial charge is 0.383 e. The zero-order valence-corrected chi connectivity index (χ0v) is 14.6. The summed E-state index contributed by atoms with van der Waals surface area (Å²) in [6, 6.07) is 4.27. The van der Waals surface area contributed by atoms with Crippen molar-refractivity contribution >= 4 is 16.9 Å². The molecule has 0 fully saturated rings. The number of unbranched alkanes of at least 4 members (excludes halogenated alkanes) is 4. The number of benzene rings is 1. The summed E-state index contributed by atoms with van der Waals surface area (Å²) in [7, 11) is 0. The predicted octanol–water partition coefficient (Wildman–Crippen LogP) is 3.82. The van der Waals surface area contributed by atoms with Gasteiger partial charge in [0.25, 0.3) is 5.75 Å². The van der Waals surface area contributed by atoms with Gasteiger partial charge in [0, 0.05) is 6.07 Å². The Morgan fingerprint density at radius 1 is 1.27 bits per heavy atom. The van der Waals surface area contributed by atoms with E-state index in [1.807, 2.05) is 0 Å². The highest BCUT2D eigenvalue weighted by Crippen LogP contribution is 2.33. The predicted molar refractivity (Wildman–Crippen MR) is 95.8 cm³/mol. The molecule has 2 rings (SSSR count). The maximum absolute atomic E-state index is 12.0. The molecule has 7 nitrogen and oxygen atoms in total. The van der Waals surface area contributed by atoms with Gasteiger partial charge in [0.1, 0.15) is 11.3 Å². The largest absolute Gasteiger partial charge is 0.504 e. The fourth-order valence-electron chi connectivity index (χ4n) is 2.36. The topological polar surface area (TPSA) is 106 Å². The summed E-state index contributed by atoms with van der Waals surface area (Å²) in [6.45, 7) is 1.62. The van der Waals surface area contributed by atoms with Gasteiger partial charge in [-0.1, -0.05) is 26.2 Å². The first-order valence-corrected chi connectivity index (χ1v) is 8.49. The lowest BCUT2D eigenvalue weighted by Gasteiger charge is -2.07. The molecule has 1 aromatic carbocycles. The molecule has 0 radical (unpaired) electrons. The molecule has 0 saturated heterocycles. The zero-order chi connectivity index (χ0) is 18.9. The standard InChI is InChI=1S/C19H22O7/c1-2-3-4-5-6-7-10-24-18-17(22)14-9-8-13(25-12-16(20)21)11-15(14)26-19(18)23/h7-11,22H,2-6,12H2,1H3,(H,20,21)/b10-7+. The number of carbonyl (C=O) groups is 1. The van der Waals surface area contributed by atoms with Crippen LogP contribution in [0.15, 0.2) is 39.7 Å². The van der Waals surface area contributed by atoms with Gasteiger partial charge < -0.3 is 24.1 Å². The van der Waals surface area contributed by atoms with Crippen LogP contribution in [0.3, 0.4) is 0 Å². The minimum atomic E-state index is -1.13. The molecule has 0 bridgehead atoms. The third-order valence-corrected chi connectivity index (χ3v) is 3.68. The fourth-order valence-corrected chi connectivity index (χ4v) is 2.36. The maximum atomic E-state index is 12.0. The molecule has 1 heterocycles. The van der Waals surface area contributed by atoms with Gasteiger partial charge in [-0.25, -0.2) is 9.59 Å². The lowest BCUT2D eigenvalue weighted by atomic mass is 10.1. The van der Waals surface area contributed by atoms with Crippen LogP contribution in [0.2, 0.25) is 0 Å². The van der Waals surface area contributed by atoms with Crippen LogP contribution in [0, 0.1) is 0 Å². The minimum Gasteiger partial charge on any atom is -0.504 e. The molecule has 0 atom stereocenters. The molecular formula is C19H22O7. The Morgan fingerprint density at radius 3 is 2.81 bits per heavy atom. The van der Waals surface area contributed by atoms with Crippen molar-refractivity contribution in [1.29, 1.82) is 0 Å². The molecule has 140 valence electrons. The normalized spacial score (nSPS) is 11.1. The monoisotopic (exact) mass is 362 g/mol. The van der Waals surface area contributed by atoms with E-state index in [1.54, 1.807) is 6.08 Å². The molecule has 1 aromatic heterocycles. The van der Waals surface area contributed by atoms with E-state index in [0.29, 0.717) is 0 Å². The zero-order valence-electron chi connectivity index (χ0n) is 14.6. The Kier molecular flexibility index (Phi) is 7.08. The first kappa shape index (κ1) is 19.4. The number of hydrogen-bond acceptors (Lipinski definition) is 6. The lowest BCUT2D eigenvalue weighted by molar-refractivity contribution is -0.139. The van der Waals surface area contributed by atoms with Gasteiger partial charge in [0.15, 0.2) is 12.4 Å². The first-order valence-electron chi connectivity index (χ1n) is 8.49. The summed E-state index contributed by atoms with van der Waals surface area (Å²) in [6.07, 6.45) is 8.50. The summed E-state index contributed by atoms with van der Waals surface area (Å²) in [4.78, 5) is 22.5. The van der Waals surface area contributed by atoms with Gasteiger partial charge in [-0.2, -0.15) is 0 Å². The van der Waals surface area contributed by atoms with Crippen molar-refractivity contribution in [3.05, 3.63) is 41.0 Å². The van der Waals surface area contributed by atoms with Crippen molar-refractivity contribution in [3.63, 3.8) is 0 Å². The molecule has 2 aromatic rings. The van der Waals surface area contributed by atoms with E-state index in [0.717, 1.165) is 25.7 Å². The number of carboxylic acids is 1. The molecule has 0 spiro atoms. The van der Waals surface area contributed by atoms with Gasteiger partial charge in [-0.15, -0.1) is 0 Å². The van der Waals surface area contributed by atoms with Crippen molar-refractivity contribution in [2.45, 2.75) is 39.0 Å². The van der Waals surface area contributed by atoms with E-state index in [4.69, 9.17) is 19.0 Å². The maximum Gasteiger partial charge on any atom is 0.383 e. The average Bonchev–Trinajstić information content (AvgIpc) is 2.61. The van der Waals surface area contributed by atoms with E-state index >= 15 is 0 Å². The van der Waals surface area contributed by atoms with E-state index < -0.39 is 18.2 Å². The van der Waals surface area contributed by atoms with Crippen molar-refractivity contribution in [2.24, 2.45) is 0 Å². The number of aromatic hydroxyl groups is 1. The van der Waals surface area contributed by atoms with E-state index in [9.17, 15) is 14.7 Å². The molecule has 0 aliphatic carbocycles. The van der Waals surface area contributed by atoms with Crippen molar-refractivity contribution in [1.82, 2.24) is 0 Å². The molecule has 0 aliphatic rings. The highest BCUT2D eigenvalue weighted by molar-refractivity contribution is 5.86. The second-order valence-electron chi connectivity index (χ2n) is 5.75. The molecule has 0 saturated carbocycles. The Bertz CT molecular complexity index is 836. The lowest BCUT2D eigenvalue weighted by Crippen LogP contribution is -2.09. The molecule has 7 heteroatoms. The van der Waals surface area contributed by atoms with Gasteiger partial charge in [0.2, 0.25) is 0 Å². The Labute approximate surface area is 150 Å². The van der Waals surface area contributed by atoms with Gasteiger partial charge in [0.05, 0.1) is 11.6 Å². The number of rotatable bonds is 10. The van der Waals surface area contributed by atoms with Crippen LogP contribution < -0.4 is 15.1 Å². The van der Waals surface area contributed by atoms with Crippen LogP contribution in [0.1, 0.15) is 39.0 Å². The quantitative estimate of drug-likeness (QED) is 0.376. The van der Waals surface area contributed by atoms with Crippen LogP contribution in [-0.4, -0.2) is 22.8 Å². The van der Waals surface area contributed by atoms with Gasteiger partial charge >= 0.3 is 11.6 Å². The highest BCUT2D eigenvalue weighted by atomic mass is 16.5. The third kappa shape index (κ3) is 5.27. The minimum absolute atomic E-state index is 0.0753. The number of allylic oxidation sites excluding steroid dienone is 1. The van der Waals surface area contributed by atoms with E-state index in [2.05, 4.69) is 6.92 Å². The van der Waals surface area contributed by atoms with E-state index in [-0.39, 0.29) is 28.2 Å². The van der Waals surface area contributed by atoms with Crippen molar-refractivity contribution < 1.29 is 28.9 Å². The number of carboxylic acid groups (broad SMARTS) is 1. The second kappa shape index (κ2) is 9.50. The highest BCUT2D eigenvalue weighted by Gasteiger charge is 2.15. The summed E-state index contributed by atoms with van der Waals surface area (Å²) < 4.78 is 15.4. The Morgan fingerprint density at radius 2 is 2.08 bits per heavy atom. The molecule has 0 aliphatic heterocycles. The van der Waals surface area contributed by atoms with E-state index in [1.165, 1.54) is 30.9 Å². The van der Waals surface area contributed by atoms with Crippen molar-refractivity contribution in [3.8, 4) is 17.2 Å². The molecule has 0 unspecified atom stereocenters. The third-order valence-electron chi connectivity index (χ3n) is 3.68. The summed E-state index contributed by atoms with van der Waals surface area (Å²) in [5, 5.41) is 19.1. The first-order chi connectivity index (χ1) is 12.5. The molecule has 2 N–H and O–H groups in total. The summed E-state index contributed by atoms with van der Waals surface area (Å²) in [5.41, 5.74) is -0.757. The van der Waals surface area contributed by atoms with Crippen LogP contribution in [0.25, 0.3) is 11.0 Å².